The Bertz CT molecular complexity index is 930. The van der Waals surface area contributed by atoms with E-state index in [9.17, 15) is 9.59 Å². The second-order valence-electron chi connectivity index (χ2n) is 5.62. The van der Waals surface area contributed by atoms with Crippen molar-refractivity contribution in [3.8, 4) is 0 Å². The van der Waals surface area contributed by atoms with Gasteiger partial charge in [0.25, 0.3) is 0 Å². The van der Waals surface area contributed by atoms with Crippen LogP contribution >= 0.6 is 11.8 Å². The average molecular weight is 382 g/mol. The monoisotopic (exact) mass is 382 g/mol. The summed E-state index contributed by atoms with van der Waals surface area (Å²) in [6.45, 7) is 5.16. The lowest BCUT2D eigenvalue weighted by Gasteiger charge is -2.22. The van der Waals surface area contributed by atoms with Gasteiger partial charge in [0, 0.05) is 12.5 Å². The number of hydrogen-bond donors (Lipinski definition) is 0. The van der Waals surface area contributed by atoms with E-state index >= 15 is 0 Å². The first kappa shape index (κ1) is 18.8. The fraction of sp³-hybridized carbons (Fsp3) is 0.211. The van der Waals surface area contributed by atoms with Crippen LogP contribution in [0.3, 0.4) is 0 Å². The number of allylic oxidation sites excluding steroid dienone is 3. The van der Waals surface area contributed by atoms with Crippen molar-refractivity contribution in [2.24, 2.45) is 15.1 Å². The highest BCUT2D eigenvalue weighted by Crippen LogP contribution is 2.21. The average Bonchev–Trinajstić information content (AvgIpc) is 3.03. The number of hydrogen-bond acceptors (Lipinski definition) is 7. The molecule has 1 aromatic rings. The minimum atomic E-state index is -0.520. The van der Waals surface area contributed by atoms with Crippen LogP contribution < -0.4 is 0 Å². The Morgan fingerprint density at radius 2 is 1.89 bits per heavy atom. The molecule has 0 N–H and O–H groups in total. The van der Waals surface area contributed by atoms with Crippen LogP contribution in [0.25, 0.3) is 0 Å². The van der Waals surface area contributed by atoms with Crippen LogP contribution in [0.2, 0.25) is 0 Å². The SMILES string of the molecule is CCSC1=N/C(=C\C=C2\N=C(c3ccccc3)OC2=O)C(C)=NN1C(C)=O. The molecule has 0 aromatic heterocycles. The van der Waals surface area contributed by atoms with Crippen molar-refractivity contribution >= 4 is 40.4 Å². The van der Waals surface area contributed by atoms with Crippen molar-refractivity contribution in [2.75, 3.05) is 5.75 Å². The lowest BCUT2D eigenvalue weighted by molar-refractivity contribution is -0.130. The van der Waals surface area contributed by atoms with E-state index in [-0.39, 0.29) is 17.5 Å². The largest absolute Gasteiger partial charge is 0.402 e. The molecule has 0 atom stereocenters. The van der Waals surface area contributed by atoms with Gasteiger partial charge in [-0.05, 0) is 37.0 Å². The number of amides is 1. The molecule has 0 spiro atoms. The van der Waals surface area contributed by atoms with Crippen LogP contribution in [0, 0.1) is 0 Å². The van der Waals surface area contributed by atoms with Crippen LogP contribution in [0.4, 0.5) is 0 Å². The molecule has 1 aromatic carbocycles. The first-order valence-electron chi connectivity index (χ1n) is 8.35. The second kappa shape index (κ2) is 8.13. The number of cyclic esters (lactones) is 1. The molecule has 7 nitrogen and oxygen atoms in total. The molecular weight excluding hydrogens is 364 g/mol. The molecule has 0 radical (unpaired) electrons. The lowest BCUT2D eigenvalue weighted by atomic mass is 10.2. The van der Waals surface area contributed by atoms with E-state index in [4.69, 9.17) is 4.74 Å². The summed E-state index contributed by atoms with van der Waals surface area (Å²) in [5.41, 5.74) is 2.05. The van der Waals surface area contributed by atoms with Crippen molar-refractivity contribution in [1.29, 1.82) is 0 Å². The summed E-state index contributed by atoms with van der Waals surface area (Å²) >= 11 is 1.42. The maximum absolute atomic E-state index is 12.1. The van der Waals surface area contributed by atoms with Gasteiger partial charge in [0.15, 0.2) is 10.9 Å². The Hall–Kier alpha value is -3.00. The number of benzene rings is 1. The minimum absolute atomic E-state index is 0.183. The molecule has 27 heavy (non-hydrogen) atoms. The summed E-state index contributed by atoms with van der Waals surface area (Å²) in [5.74, 6) is 0.298. The topological polar surface area (TPSA) is 83.7 Å². The Labute approximate surface area is 161 Å². The highest BCUT2D eigenvalue weighted by atomic mass is 32.2. The number of nitrogens with zero attached hydrogens (tertiary/aromatic N) is 4. The van der Waals surface area contributed by atoms with Crippen LogP contribution in [0.1, 0.15) is 26.3 Å². The van der Waals surface area contributed by atoms with Gasteiger partial charge in [-0.15, -0.1) is 0 Å². The third kappa shape index (κ3) is 4.22. The highest BCUT2D eigenvalue weighted by Gasteiger charge is 2.24. The molecule has 8 heteroatoms. The zero-order chi connectivity index (χ0) is 19.4. The Balaban J connectivity index is 1.90. The summed E-state index contributed by atoms with van der Waals surface area (Å²) in [5, 5.41) is 6.07. The number of ether oxygens (including phenoxy) is 1. The molecule has 3 rings (SSSR count). The quantitative estimate of drug-likeness (QED) is 0.594. The first-order chi connectivity index (χ1) is 13.0. The lowest BCUT2D eigenvalue weighted by Crippen LogP contribution is -2.32. The highest BCUT2D eigenvalue weighted by molar-refractivity contribution is 8.13. The number of rotatable bonds is 3. The fourth-order valence-corrected chi connectivity index (χ4v) is 3.06. The summed E-state index contributed by atoms with van der Waals surface area (Å²) in [4.78, 5) is 32.5. The molecule has 2 aliphatic rings. The molecule has 0 bridgehead atoms. The van der Waals surface area contributed by atoms with Gasteiger partial charge >= 0.3 is 5.97 Å². The zero-order valence-electron chi connectivity index (χ0n) is 15.2. The molecule has 138 valence electrons. The number of amidine groups is 1. The molecule has 0 saturated carbocycles. The van der Waals surface area contributed by atoms with Gasteiger partial charge in [-0.1, -0.05) is 36.9 Å². The molecule has 1 amide bonds. The van der Waals surface area contributed by atoms with Gasteiger partial charge in [0.2, 0.25) is 11.8 Å². The van der Waals surface area contributed by atoms with Crippen molar-refractivity contribution in [2.45, 2.75) is 20.8 Å². The number of carbonyl (C=O) groups excluding carboxylic acids is 2. The summed E-state index contributed by atoms with van der Waals surface area (Å²) in [6.07, 6.45) is 3.20. The molecule has 0 fully saturated rings. The Kier molecular flexibility index (Phi) is 5.66. The number of aliphatic imine (C=N–C) groups is 2. The number of thioether (sulfide) groups is 1. The molecule has 2 aliphatic heterocycles. The van der Waals surface area contributed by atoms with Gasteiger partial charge in [0.1, 0.15) is 0 Å². The predicted octanol–water partition coefficient (Wildman–Crippen LogP) is 3.10. The first-order valence-corrected chi connectivity index (χ1v) is 9.34. The third-order valence-electron chi connectivity index (χ3n) is 3.63. The second-order valence-corrected chi connectivity index (χ2v) is 6.85. The van der Waals surface area contributed by atoms with Crippen molar-refractivity contribution < 1.29 is 14.3 Å². The maximum Gasteiger partial charge on any atom is 0.363 e. The smallest absolute Gasteiger partial charge is 0.363 e. The predicted molar refractivity (Wildman–Crippen MR) is 106 cm³/mol. The van der Waals surface area contributed by atoms with Crippen LogP contribution in [-0.2, 0) is 14.3 Å². The minimum Gasteiger partial charge on any atom is -0.402 e. The van der Waals surface area contributed by atoms with Gasteiger partial charge in [-0.2, -0.15) is 10.1 Å². The molecule has 0 aliphatic carbocycles. The Morgan fingerprint density at radius 1 is 1.19 bits per heavy atom. The fourth-order valence-electron chi connectivity index (χ4n) is 2.35. The van der Waals surface area contributed by atoms with E-state index in [1.54, 1.807) is 19.1 Å². The van der Waals surface area contributed by atoms with E-state index in [2.05, 4.69) is 15.1 Å². The van der Waals surface area contributed by atoms with Crippen LogP contribution in [-0.4, -0.2) is 39.4 Å². The standard InChI is InChI=1S/C19H18N4O3S/c1-4-27-19-21-15(12(2)22-23(19)13(3)24)10-11-16-18(25)26-17(20-16)14-8-6-5-7-9-14/h5-11H,4H2,1-3H3/b15-10-,16-11+. The normalized spacial score (nSPS) is 19.7. The van der Waals surface area contributed by atoms with Gasteiger partial charge < -0.3 is 4.74 Å². The van der Waals surface area contributed by atoms with E-state index in [0.717, 1.165) is 11.3 Å². The van der Waals surface area contributed by atoms with Crippen molar-refractivity contribution in [3.05, 3.63) is 59.4 Å². The van der Waals surface area contributed by atoms with E-state index in [1.807, 2.05) is 37.3 Å². The molecule has 0 unspecified atom stereocenters. The van der Waals surface area contributed by atoms with Crippen molar-refractivity contribution in [3.63, 3.8) is 0 Å². The molecule has 0 saturated heterocycles. The van der Waals surface area contributed by atoms with E-state index in [1.165, 1.54) is 23.7 Å². The molecular formula is C19H18N4O3S. The van der Waals surface area contributed by atoms with E-state index in [0.29, 0.717) is 16.6 Å². The summed E-state index contributed by atoms with van der Waals surface area (Å²) in [6, 6.07) is 9.21. The molecule has 2 heterocycles. The van der Waals surface area contributed by atoms with Crippen LogP contribution in [0.15, 0.2) is 69.0 Å². The summed E-state index contributed by atoms with van der Waals surface area (Å²) < 4.78 is 5.23. The number of carbonyl (C=O) groups is 2. The number of esters is 1. The third-order valence-corrected chi connectivity index (χ3v) is 4.44. The van der Waals surface area contributed by atoms with Crippen molar-refractivity contribution in [1.82, 2.24) is 5.01 Å². The zero-order valence-corrected chi connectivity index (χ0v) is 16.0. The van der Waals surface area contributed by atoms with Gasteiger partial charge in [-0.3, -0.25) is 4.79 Å². The van der Waals surface area contributed by atoms with Gasteiger partial charge in [-0.25, -0.2) is 14.8 Å². The number of hydrazone groups is 1. The van der Waals surface area contributed by atoms with E-state index < -0.39 is 5.97 Å². The van der Waals surface area contributed by atoms with Gasteiger partial charge in [0.05, 0.1) is 11.4 Å². The van der Waals surface area contributed by atoms with Crippen LogP contribution in [0.5, 0.6) is 0 Å². The summed E-state index contributed by atoms with van der Waals surface area (Å²) in [7, 11) is 0. The Morgan fingerprint density at radius 3 is 2.56 bits per heavy atom. The maximum atomic E-state index is 12.1.